The SMILES string of the molecule is CC(SC1NNCN1C)C1CC(NC2CCOC2)NC(N2CC3C(CCCC3C(F)(F)F)C2=O)C1. The van der Waals surface area contributed by atoms with E-state index in [0.717, 1.165) is 32.5 Å². The molecule has 5 aliphatic rings. The van der Waals surface area contributed by atoms with Gasteiger partial charge in [-0.05, 0) is 51.0 Å². The van der Waals surface area contributed by atoms with Crippen LogP contribution < -0.4 is 21.5 Å². The summed E-state index contributed by atoms with van der Waals surface area (Å²) >= 11 is 1.86. The molecular weight excluding hydrogens is 481 g/mol. The predicted molar refractivity (Wildman–Crippen MR) is 128 cm³/mol. The third-order valence-corrected chi connectivity index (χ3v) is 10.2. The molecule has 0 spiro atoms. The first-order chi connectivity index (χ1) is 16.7. The van der Waals surface area contributed by atoms with Gasteiger partial charge in [0.25, 0.3) is 0 Å². The van der Waals surface area contributed by atoms with E-state index in [1.807, 2.05) is 11.8 Å². The first-order valence-electron chi connectivity index (χ1n) is 13.0. The fourth-order valence-electron chi connectivity index (χ4n) is 6.67. The minimum absolute atomic E-state index is 0.00488. The van der Waals surface area contributed by atoms with Gasteiger partial charge in [-0.1, -0.05) is 13.3 Å². The van der Waals surface area contributed by atoms with Crippen molar-refractivity contribution in [3.05, 3.63) is 0 Å². The first-order valence-corrected chi connectivity index (χ1v) is 14.0. The van der Waals surface area contributed by atoms with Crippen molar-refractivity contribution < 1.29 is 22.7 Å². The highest BCUT2D eigenvalue weighted by Gasteiger charge is 2.56. The number of alkyl halides is 3. The molecule has 4 saturated heterocycles. The molecular formula is C23H39F3N6O2S. The van der Waals surface area contributed by atoms with Crippen molar-refractivity contribution >= 4 is 17.7 Å². The summed E-state index contributed by atoms with van der Waals surface area (Å²) in [4.78, 5) is 17.4. The molecule has 4 N–H and O–H groups in total. The van der Waals surface area contributed by atoms with Gasteiger partial charge in [-0.25, -0.2) is 10.9 Å². The molecule has 12 heteroatoms. The normalized spacial score (nSPS) is 42.0. The van der Waals surface area contributed by atoms with Crippen LogP contribution in [0.15, 0.2) is 0 Å². The van der Waals surface area contributed by atoms with Gasteiger partial charge in [-0.15, -0.1) is 11.8 Å². The average molecular weight is 521 g/mol. The minimum Gasteiger partial charge on any atom is -0.380 e. The van der Waals surface area contributed by atoms with E-state index in [9.17, 15) is 18.0 Å². The number of likely N-dealkylation sites (tertiary alicyclic amines) is 1. The molecule has 0 radical (unpaired) electrons. The maximum Gasteiger partial charge on any atom is 0.392 e. The predicted octanol–water partition coefficient (Wildman–Crippen LogP) is 1.86. The maximum atomic E-state index is 13.8. The van der Waals surface area contributed by atoms with E-state index in [-0.39, 0.29) is 42.7 Å². The van der Waals surface area contributed by atoms with E-state index < -0.39 is 23.9 Å². The van der Waals surface area contributed by atoms with Gasteiger partial charge >= 0.3 is 6.18 Å². The molecule has 0 bridgehead atoms. The van der Waals surface area contributed by atoms with Crippen LogP contribution in [0.3, 0.4) is 0 Å². The Morgan fingerprint density at radius 1 is 1.23 bits per heavy atom. The largest absolute Gasteiger partial charge is 0.392 e. The molecule has 8 nitrogen and oxygen atoms in total. The van der Waals surface area contributed by atoms with Crippen LogP contribution in [0.25, 0.3) is 0 Å². The second kappa shape index (κ2) is 10.6. The molecule has 0 aromatic carbocycles. The molecule has 1 saturated carbocycles. The Labute approximate surface area is 209 Å². The fraction of sp³-hybridized carbons (Fsp3) is 0.957. The van der Waals surface area contributed by atoms with Gasteiger partial charge in [0.05, 0.1) is 31.5 Å². The molecule has 0 aromatic heterocycles. The molecule has 9 atom stereocenters. The van der Waals surface area contributed by atoms with E-state index in [1.165, 1.54) is 0 Å². The topological polar surface area (TPSA) is 80.9 Å². The van der Waals surface area contributed by atoms with Crippen molar-refractivity contribution in [2.75, 3.05) is 33.5 Å². The third-order valence-electron chi connectivity index (χ3n) is 8.65. The average Bonchev–Trinajstić information content (AvgIpc) is 3.54. The third kappa shape index (κ3) is 5.63. The van der Waals surface area contributed by atoms with Gasteiger partial charge in [0, 0.05) is 30.4 Å². The Morgan fingerprint density at radius 3 is 2.74 bits per heavy atom. The monoisotopic (exact) mass is 520 g/mol. The molecule has 4 aliphatic heterocycles. The number of hydrazine groups is 1. The lowest BCUT2D eigenvalue weighted by Crippen LogP contribution is -2.61. The van der Waals surface area contributed by atoms with Crippen molar-refractivity contribution in [1.29, 1.82) is 0 Å². The smallest absolute Gasteiger partial charge is 0.380 e. The van der Waals surface area contributed by atoms with Gasteiger partial charge in [0.1, 0.15) is 5.50 Å². The van der Waals surface area contributed by atoms with Gasteiger partial charge in [-0.3, -0.25) is 20.3 Å². The molecule has 200 valence electrons. The molecule has 1 amide bonds. The summed E-state index contributed by atoms with van der Waals surface area (Å²) in [5.41, 5.74) is 6.62. The minimum atomic E-state index is -4.24. The summed E-state index contributed by atoms with van der Waals surface area (Å²) in [7, 11) is 2.06. The number of carbonyl (C=O) groups is 1. The maximum absolute atomic E-state index is 13.8. The van der Waals surface area contributed by atoms with Crippen LogP contribution in [0.2, 0.25) is 0 Å². The van der Waals surface area contributed by atoms with E-state index >= 15 is 0 Å². The van der Waals surface area contributed by atoms with E-state index in [4.69, 9.17) is 4.74 Å². The highest BCUT2D eigenvalue weighted by Crippen LogP contribution is 2.48. The Morgan fingerprint density at radius 2 is 2.06 bits per heavy atom. The van der Waals surface area contributed by atoms with Crippen molar-refractivity contribution in [3.8, 4) is 0 Å². The number of piperidine rings is 1. The molecule has 9 unspecified atom stereocenters. The van der Waals surface area contributed by atoms with Crippen molar-refractivity contribution in [2.45, 2.75) is 80.7 Å². The summed E-state index contributed by atoms with van der Waals surface area (Å²) in [5.74, 6) is -2.27. The van der Waals surface area contributed by atoms with Crippen LogP contribution in [-0.4, -0.2) is 84.5 Å². The fourth-order valence-corrected chi connectivity index (χ4v) is 7.95. The molecule has 4 heterocycles. The lowest BCUT2D eigenvalue weighted by molar-refractivity contribution is -0.198. The second-order valence-corrected chi connectivity index (χ2v) is 12.4. The van der Waals surface area contributed by atoms with Gasteiger partial charge in [0.15, 0.2) is 0 Å². The number of hydrogen-bond donors (Lipinski definition) is 4. The molecule has 0 aromatic rings. The van der Waals surface area contributed by atoms with E-state index in [1.54, 1.807) is 4.90 Å². The van der Waals surface area contributed by atoms with Crippen LogP contribution in [-0.2, 0) is 9.53 Å². The van der Waals surface area contributed by atoms with Crippen molar-refractivity contribution in [1.82, 2.24) is 31.3 Å². The zero-order valence-corrected chi connectivity index (χ0v) is 21.3. The lowest BCUT2D eigenvalue weighted by Gasteiger charge is -2.44. The summed E-state index contributed by atoms with van der Waals surface area (Å²) in [6.45, 7) is 4.61. The Bertz CT molecular complexity index is 757. The van der Waals surface area contributed by atoms with Crippen LogP contribution >= 0.6 is 11.8 Å². The van der Waals surface area contributed by atoms with Gasteiger partial charge < -0.3 is 9.64 Å². The number of ether oxygens (including phenoxy) is 1. The van der Waals surface area contributed by atoms with E-state index in [0.29, 0.717) is 30.6 Å². The summed E-state index contributed by atoms with van der Waals surface area (Å²) in [6, 6.07) is 0.258. The number of hydrogen-bond acceptors (Lipinski definition) is 8. The number of nitrogens with one attached hydrogen (secondary N) is 4. The lowest BCUT2D eigenvalue weighted by atomic mass is 9.73. The number of carbonyl (C=O) groups excluding carboxylic acids is 1. The molecule has 5 fully saturated rings. The molecule has 1 aliphatic carbocycles. The summed E-state index contributed by atoms with van der Waals surface area (Å²) < 4.78 is 46.9. The second-order valence-electron chi connectivity index (χ2n) is 11.0. The quantitative estimate of drug-likeness (QED) is 0.423. The highest BCUT2D eigenvalue weighted by molar-refractivity contribution is 8.00. The number of nitrogens with zero attached hydrogens (tertiary/aromatic N) is 2. The van der Waals surface area contributed by atoms with Crippen LogP contribution in [0.1, 0.15) is 45.4 Å². The number of rotatable bonds is 6. The molecule has 35 heavy (non-hydrogen) atoms. The van der Waals surface area contributed by atoms with Crippen LogP contribution in [0, 0.1) is 23.7 Å². The summed E-state index contributed by atoms with van der Waals surface area (Å²) in [5, 5.41) is 7.59. The highest BCUT2D eigenvalue weighted by atomic mass is 32.2. The zero-order valence-electron chi connectivity index (χ0n) is 20.5. The number of halogens is 3. The summed E-state index contributed by atoms with van der Waals surface area (Å²) in [6.07, 6.45) is -0.712. The zero-order chi connectivity index (χ0) is 24.7. The van der Waals surface area contributed by atoms with Crippen molar-refractivity contribution in [2.24, 2.45) is 23.7 Å². The van der Waals surface area contributed by atoms with Crippen molar-refractivity contribution in [3.63, 3.8) is 0 Å². The van der Waals surface area contributed by atoms with Gasteiger partial charge in [0.2, 0.25) is 5.91 Å². The van der Waals surface area contributed by atoms with Crippen LogP contribution in [0.4, 0.5) is 13.2 Å². The Hall–Kier alpha value is -0.630. The standard InChI is InChI=1S/C23H39F3N6O2S/c1-13(35-22-30-27-12-31(22)2)14-8-19(28-15-6-7-34-11-15)29-20(9-14)32-10-17-16(21(32)33)4-3-5-18(17)23(24,25)26/h13-20,22,27-30H,3-12H2,1-2H3. The van der Waals surface area contributed by atoms with Crippen LogP contribution in [0.5, 0.6) is 0 Å². The van der Waals surface area contributed by atoms with Gasteiger partial charge in [-0.2, -0.15) is 13.2 Å². The Kier molecular flexibility index (Phi) is 7.89. The van der Waals surface area contributed by atoms with E-state index in [2.05, 4.69) is 40.4 Å². The number of amides is 1. The Balaban J connectivity index is 1.31. The molecule has 5 rings (SSSR count). The number of fused-ring (bicyclic) bond motifs is 1. The number of thioether (sulfide) groups is 1. The first kappa shape index (κ1) is 26.0.